The second-order valence-electron chi connectivity index (χ2n) is 4.05. The van der Waals surface area contributed by atoms with Crippen LogP contribution in [0.2, 0.25) is 0 Å². The van der Waals surface area contributed by atoms with Crippen molar-refractivity contribution in [3.05, 3.63) is 23.8 Å². The van der Waals surface area contributed by atoms with E-state index in [1.165, 1.54) is 0 Å². The van der Waals surface area contributed by atoms with E-state index in [4.69, 9.17) is 14.2 Å². The first-order valence-electron chi connectivity index (χ1n) is 4.67. The van der Waals surface area contributed by atoms with Crippen molar-refractivity contribution in [2.45, 2.75) is 25.2 Å². The van der Waals surface area contributed by atoms with Gasteiger partial charge in [0.05, 0.1) is 7.11 Å². The Morgan fingerprint density at radius 2 is 2.07 bits per heavy atom. The third-order valence-corrected chi connectivity index (χ3v) is 3.23. The first-order chi connectivity index (χ1) is 6.59. The number of methoxy groups -OCH3 is 1. The number of hydrogen-bond acceptors (Lipinski definition) is 3. The van der Waals surface area contributed by atoms with Crippen LogP contribution in [-0.4, -0.2) is 12.9 Å². The molecule has 0 aromatic heterocycles. The molecule has 3 nitrogen and oxygen atoms in total. The van der Waals surface area contributed by atoms with Crippen molar-refractivity contribution >= 4 is 0 Å². The standard InChI is InChI=1S/C11H12O3/c1-10-8-6-7(12-3)4-5-9(8)13-11(10,2)14-10/h4-6H,1-3H3/t10-,11-/m0/s1. The zero-order valence-electron chi connectivity index (χ0n) is 8.46. The maximum absolute atomic E-state index is 5.69. The molecule has 0 radical (unpaired) electrons. The first-order valence-corrected chi connectivity index (χ1v) is 4.67. The fourth-order valence-electron chi connectivity index (χ4n) is 2.09. The van der Waals surface area contributed by atoms with Gasteiger partial charge in [-0.15, -0.1) is 0 Å². The van der Waals surface area contributed by atoms with Crippen molar-refractivity contribution in [2.75, 3.05) is 7.11 Å². The van der Waals surface area contributed by atoms with Crippen LogP contribution in [0.1, 0.15) is 19.4 Å². The van der Waals surface area contributed by atoms with Crippen LogP contribution >= 0.6 is 0 Å². The van der Waals surface area contributed by atoms with Gasteiger partial charge in [-0.1, -0.05) is 0 Å². The van der Waals surface area contributed by atoms with E-state index >= 15 is 0 Å². The summed E-state index contributed by atoms with van der Waals surface area (Å²) in [6, 6.07) is 5.81. The average molecular weight is 192 g/mol. The van der Waals surface area contributed by atoms with Crippen LogP contribution in [0.15, 0.2) is 18.2 Å². The Kier molecular flexibility index (Phi) is 1.19. The van der Waals surface area contributed by atoms with Crippen LogP contribution in [0.25, 0.3) is 0 Å². The van der Waals surface area contributed by atoms with Crippen LogP contribution in [0.3, 0.4) is 0 Å². The van der Waals surface area contributed by atoms with Crippen LogP contribution in [0.4, 0.5) is 0 Å². The highest BCUT2D eigenvalue weighted by molar-refractivity contribution is 5.51. The molecule has 0 aliphatic carbocycles. The number of hydrogen-bond donors (Lipinski definition) is 0. The Morgan fingerprint density at radius 3 is 2.79 bits per heavy atom. The van der Waals surface area contributed by atoms with Gasteiger partial charge in [-0.25, -0.2) is 0 Å². The fourth-order valence-corrected chi connectivity index (χ4v) is 2.09. The molecule has 0 spiro atoms. The summed E-state index contributed by atoms with van der Waals surface area (Å²) in [5.41, 5.74) is 0.802. The molecule has 2 aliphatic rings. The number of ether oxygens (including phenoxy) is 3. The van der Waals surface area contributed by atoms with Gasteiger partial charge in [-0.2, -0.15) is 0 Å². The van der Waals surface area contributed by atoms with E-state index in [0.29, 0.717) is 0 Å². The van der Waals surface area contributed by atoms with E-state index in [-0.39, 0.29) is 5.60 Å². The summed E-state index contributed by atoms with van der Waals surface area (Å²) in [5, 5.41) is 0. The van der Waals surface area contributed by atoms with Crippen molar-refractivity contribution < 1.29 is 14.2 Å². The third-order valence-electron chi connectivity index (χ3n) is 3.23. The van der Waals surface area contributed by atoms with E-state index in [1.807, 2.05) is 32.0 Å². The lowest BCUT2D eigenvalue weighted by Crippen LogP contribution is -2.16. The largest absolute Gasteiger partial charge is 0.497 e. The number of rotatable bonds is 1. The van der Waals surface area contributed by atoms with E-state index in [9.17, 15) is 0 Å². The number of epoxide rings is 1. The molecule has 1 aromatic rings. The third kappa shape index (κ3) is 0.722. The van der Waals surface area contributed by atoms with Crippen molar-refractivity contribution in [1.29, 1.82) is 0 Å². The van der Waals surface area contributed by atoms with Crippen molar-refractivity contribution in [3.8, 4) is 11.5 Å². The summed E-state index contributed by atoms with van der Waals surface area (Å²) in [5.74, 6) is 1.29. The average Bonchev–Trinajstić information content (AvgIpc) is 2.63. The summed E-state index contributed by atoms with van der Waals surface area (Å²) < 4.78 is 16.4. The SMILES string of the molecule is COc1ccc2c(c1)[C@]1(C)O[C@]1(C)O2. The van der Waals surface area contributed by atoms with Gasteiger partial charge in [0.15, 0.2) is 5.60 Å². The van der Waals surface area contributed by atoms with Crippen LogP contribution < -0.4 is 9.47 Å². The molecule has 14 heavy (non-hydrogen) atoms. The first kappa shape index (κ1) is 8.12. The highest BCUT2D eigenvalue weighted by atomic mass is 16.8. The molecule has 0 N–H and O–H groups in total. The van der Waals surface area contributed by atoms with Crippen LogP contribution in [0.5, 0.6) is 11.5 Å². The van der Waals surface area contributed by atoms with Gasteiger partial charge in [0.1, 0.15) is 11.5 Å². The zero-order chi connectivity index (χ0) is 9.97. The van der Waals surface area contributed by atoms with Gasteiger partial charge in [-0.05, 0) is 25.1 Å². The van der Waals surface area contributed by atoms with Gasteiger partial charge in [0, 0.05) is 12.5 Å². The van der Waals surface area contributed by atoms with Crippen molar-refractivity contribution in [2.24, 2.45) is 0 Å². The van der Waals surface area contributed by atoms with Gasteiger partial charge in [0.25, 0.3) is 0 Å². The second kappa shape index (κ2) is 2.06. The molecule has 2 atom stereocenters. The van der Waals surface area contributed by atoms with Gasteiger partial charge in [0.2, 0.25) is 5.79 Å². The van der Waals surface area contributed by atoms with Gasteiger partial charge < -0.3 is 14.2 Å². The maximum Gasteiger partial charge on any atom is 0.242 e. The molecule has 2 heterocycles. The maximum atomic E-state index is 5.69. The minimum Gasteiger partial charge on any atom is -0.497 e. The molecule has 0 saturated carbocycles. The lowest BCUT2D eigenvalue weighted by atomic mass is 9.98. The van der Waals surface area contributed by atoms with Gasteiger partial charge in [-0.3, -0.25) is 0 Å². The van der Waals surface area contributed by atoms with E-state index in [2.05, 4.69) is 0 Å². The van der Waals surface area contributed by atoms with Crippen LogP contribution in [-0.2, 0) is 10.3 Å². The Bertz CT molecular complexity index is 415. The summed E-state index contributed by atoms with van der Waals surface area (Å²) in [7, 11) is 1.66. The highest BCUT2D eigenvalue weighted by Crippen LogP contribution is 2.63. The molecule has 0 unspecified atom stereocenters. The fraction of sp³-hybridized carbons (Fsp3) is 0.455. The van der Waals surface area contributed by atoms with Crippen molar-refractivity contribution in [1.82, 2.24) is 0 Å². The molecule has 1 saturated heterocycles. The summed E-state index contributed by atoms with van der Waals surface area (Å²) in [6.45, 7) is 4.00. The zero-order valence-corrected chi connectivity index (χ0v) is 8.46. The molecule has 3 rings (SSSR count). The smallest absolute Gasteiger partial charge is 0.242 e. The van der Waals surface area contributed by atoms with Gasteiger partial charge >= 0.3 is 0 Å². The van der Waals surface area contributed by atoms with E-state index < -0.39 is 5.79 Å². The summed E-state index contributed by atoms with van der Waals surface area (Å²) in [4.78, 5) is 0. The normalized spacial score (nSPS) is 37.1. The molecular weight excluding hydrogens is 180 g/mol. The molecule has 1 aromatic carbocycles. The molecule has 1 fully saturated rings. The Balaban J connectivity index is 2.14. The topological polar surface area (TPSA) is 31.0 Å². The molecule has 74 valence electrons. The summed E-state index contributed by atoms with van der Waals surface area (Å²) >= 11 is 0. The predicted octanol–water partition coefficient (Wildman–Crippen LogP) is 2.05. The highest BCUT2D eigenvalue weighted by Gasteiger charge is 2.72. The molecule has 0 amide bonds. The lowest BCUT2D eigenvalue weighted by Gasteiger charge is -2.08. The number of fused-ring (bicyclic) bond motifs is 3. The monoisotopic (exact) mass is 192 g/mol. The Morgan fingerprint density at radius 1 is 1.29 bits per heavy atom. The molecule has 2 aliphatic heterocycles. The predicted molar refractivity (Wildman–Crippen MR) is 50.5 cm³/mol. The second-order valence-corrected chi connectivity index (χ2v) is 4.05. The number of benzene rings is 1. The van der Waals surface area contributed by atoms with Crippen molar-refractivity contribution in [3.63, 3.8) is 0 Å². The summed E-state index contributed by atoms with van der Waals surface area (Å²) in [6.07, 6.45) is 0. The van der Waals surface area contributed by atoms with E-state index in [0.717, 1.165) is 17.1 Å². The quantitative estimate of drug-likeness (QED) is 0.638. The molecule has 3 heteroatoms. The molecular formula is C11H12O3. The lowest BCUT2D eigenvalue weighted by molar-refractivity contribution is 0.0780. The Labute approximate surface area is 82.6 Å². The van der Waals surface area contributed by atoms with Crippen LogP contribution in [0, 0.1) is 0 Å². The Hall–Kier alpha value is -1.22. The molecule has 0 bridgehead atoms. The minimum atomic E-state index is -0.457. The minimum absolute atomic E-state index is 0.281. The van der Waals surface area contributed by atoms with E-state index in [1.54, 1.807) is 7.11 Å².